The molecule has 1 unspecified atom stereocenters. The van der Waals surface area contributed by atoms with Gasteiger partial charge in [-0.1, -0.05) is 72.3 Å². The van der Waals surface area contributed by atoms with Gasteiger partial charge in [0.05, 0.1) is 18.3 Å². The number of guanidine groups is 1. The van der Waals surface area contributed by atoms with Crippen LogP contribution in [0.1, 0.15) is 58.7 Å². The molecular formula is C35H41ClN8O2S. The fourth-order valence-electron chi connectivity index (χ4n) is 5.52. The van der Waals surface area contributed by atoms with Gasteiger partial charge in [-0.2, -0.15) is 0 Å². The molecule has 246 valence electrons. The molecule has 47 heavy (non-hydrogen) atoms. The SMILES string of the molecule is NC(N)=NCCCC(NC(Cn1c(CCc2ccccc2)c(Cl)nc(NCCc2ccccc2)c1=O)=C1CCC1)C(=O)c1nccs1. The van der Waals surface area contributed by atoms with Crippen molar-refractivity contribution in [2.75, 3.05) is 18.4 Å². The Morgan fingerprint density at radius 1 is 1.02 bits per heavy atom. The van der Waals surface area contributed by atoms with Crippen molar-refractivity contribution in [1.82, 2.24) is 19.9 Å². The van der Waals surface area contributed by atoms with E-state index >= 15 is 0 Å². The van der Waals surface area contributed by atoms with E-state index in [0.717, 1.165) is 42.5 Å². The number of halogens is 1. The van der Waals surface area contributed by atoms with E-state index in [4.69, 9.17) is 23.1 Å². The number of rotatable bonds is 17. The van der Waals surface area contributed by atoms with Gasteiger partial charge in [0, 0.05) is 30.4 Å². The first kappa shape index (κ1) is 33.9. The first-order valence-electron chi connectivity index (χ1n) is 16.0. The number of aliphatic imine (C=N–C) groups is 1. The number of nitrogens with one attached hydrogen (secondary N) is 2. The quantitative estimate of drug-likeness (QED) is 0.0522. The third-order valence-corrected chi connectivity index (χ3v) is 9.31. The molecule has 12 heteroatoms. The van der Waals surface area contributed by atoms with E-state index in [2.05, 4.69) is 49.9 Å². The Hall–Kier alpha value is -4.48. The summed E-state index contributed by atoms with van der Waals surface area (Å²) in [6.45, 7) is 1.17. The number of carbonyl (C=O) groups excluding carboxylic acids is 1. The fourth-order valence-corrected chi connectivity index (χ4v) is 6.43. The molecule has 0 radical (unpaired) electrons. The number of thiazole rings is 1. The number of Topliss-reactive ketones (excluding diaryl/α,β-unsaturated/α-hetero) is 1. The topological polar surface area (TPSA) is 153 Å². The fraction of sp³-hybridized carbons (Fsp3) is 0.343. The molecule has 2 aromatic heterocycles. The maximum Gasteiger partial charge on any atom is 0.293 e. The number of benzene rings is 2. The number of allylic oxidation sites excluding steroid dienone is 2. The van der Waals surface area contributed by atoms with Crippen molar-refractivity contribution in [2.24, 2.45) is 16.5 Å². The lowest BCUT2D eigenvalue weighted by Crippen LogP contribution is -2.40. The second kappa shape index (κ2) is 16.9. The third kappa shape index (κ3) is 9.52. The van der Waals surface area contributed by atoms with Gasteiger partial charge < -0.3 is 26.7 Å². The van der Waals surface area contributed by atoms with Gasteiger partial charge in [0.1, 0.15) is 0 Å². The molecule has 0 spiro atoms. The van der Waals surface area contributed by atoms with Crippen LogP contribution in [0.2, 0.25) is 5.15 Å². The van der Waals surface area contributed by atoms with Crippen molar-refractivity contribution in [1.29, 1.82) is 0 Å². The van der Waals surface area contributed by atoms with Gasteiger partial charge in [0.15, 0.2) is 21.9 Å². The first-order chi connectivity index (χ1) is 22.9. The summed E-state index contributed by atoms with van der Waals surface area (Å²) in [5.41, 5.74) is 15.8. The zero-order valence-electron chi connectivity index (χ0n) is 26.3. The predicted molar refractivity (Wildman–Crippen MR) is 190 cm³/mol. The van der Waals surface area contributed by atoms with Crippen molar-refractivity contribution in [3.63, 3.8) is 0 Å². The van der Waals surface area contributed by atoms with Gasteiger partial charge in [-0.05, 0) is 68.1 Å². The van der Waals surface area contributed by atoms with E-state index in [1.807, 2.05) is 36.4 Å². The number of nitrogens with zero attached hydrogens (tertiary/aromatic N) is 4. The number of anilines is 1. The number of aromatic nitrogens is 3. The molecule has 0 bridgehead atoms. The number of hydrogen-bond acceptors (Lipinski definition) is 8. The van der Waals surface area contributed by atoms with Crippen LogP contribution in [0.15, 0.2) is 93.3 Å². The first-order valence-corrected chi connectivity index (χ1v) is 17.2. The summed E-state index contributed by atoms with van der Waals surface area (Å²) in [5, 5.41) is 9.30. The van der Waals surface area contributed by atoms with Gasteiger partial charge >= 0.3 is 0 Å². The van der Waals surface area contributed by atoms with Gasteiger partial charge in [0.25, 0.3) is 5.56 Å². The molecule has 1 aliphatic carbocycles. The van der Waals surface area contributed by atoms with Gasteiger partial charge in [-0.15, -0.1) is 11.3 Å². The highest BCUT2D eigenvalue weighted by Gasteiger charge is 2.26. The molecule has 0 aliphatic heterocycles. The molecule has 4 aromatic rings. The Labute approximate surface area is 284 Å². The maximum absolute atomic E-state index is 14.2. The minimum Gasteiger partial charge on any atom is -0.377 e. The van der Waals surface area contributed by atoms with Gasteiger partial charge in [-0.25, -0.2) is 9.97 Å². The summed E-state index contributed by atoms with van der Waals surface area (Å²) in [5.74, 6) is 0.123. The normalized spacial score (nSPS) is 13.0. The average molecular weight is 673 g/mol. The molecule has 0 saturated heterocycles. The summed E-state index contributed by atoms with van der Waals surface area (Å²) < 4.78 is 1.72. The third-order valence-electron chi connectivity index (χ3n) is 8.22. The second-order valence-corrected chi connectivity index (χ2v) is 12.8. The lowest BCUT2D eigenvalue weighted by molar-refractivity contribution is 0.0941. The molecule has 6 N–H and O–H groups in total. The molecule has 0 amide bonds. The standard InChI is InChI=1S/C35H41ClN8O2S/c36-31-29(17-16-24-9-3-1-4-10-24)44(34(46)32(43-31)39-20-18-25-11-5-2-6-12-25)23-28(26-13-7-14-26)42-27(15-8-19-41-35(37)38)30(45)33-40-21-22-47-33/h1-6,9-12,21-22,27,42H,7-8,13-20,23H2,(H,39,43)(H4,37,38,41). The van der Waals surface area contributed by atoms with E-state index in [-0.39, 0.29) is 34.8 Å². The van der Waals surface area contributed by atoms with Gasteiger partial charge in [0.2, 0.25) is 5.78 Å². The van der Waals surface area contributed by atoms with E-state index < -0.39 is 6.04 Å². The van der Waals surface area contributed by atoms with Crippen LogP contribution in [0.3, 0.4) is 0 Å². The Morgan fingerprint density at radius 2 is 1.72 bits per heavy atom. The molecule has 1 atom stereocenters. The van der Waals surface area contributed by atoms with E-state index in [0.29, 0.717) is 49.5 Å². The van der Waals surface area contributed by atoms with Crippen molar-refractivity contribution in [3.05, 3.63) is 121 Å². The summed E-state index contributed by atoms with van der Waals surface area (Å²) in [4.78, 5) is 40.7. The van der Waals surface area contributed by atoms with Crippen LogP contribution in [0.25, 0.3) is 0 Å². The lowest BCUT2D eigenvalue weighted by atomic mass is 9.89. The lowest BCUT2D eigenvalue weighted by Gasteiger charge is -2.28. The molecule has 5 rings (SSSR count). The summed E-state index contributed by atoms with van der Waals surface area (Å²) in [6.07, 6.45) is 7.49. The summed E-state index contributed by atoms with van der Waals surface area (Å²) in [6, 6.07) is 19.6. The minimum absolute atomic E-state index is 0.0168. The van der Waals surface area contributed by atoms with E-state index in [1.165, 1.54) is 16.9 Å². The molecule has 1 saturated carbocycles. The predicted octanol–water partition coefficient (Wildman–Crippen LogP) is 5.13. The zero-order valence-corrected chi connectivity index (χ0v) is 27.9. The smallest absolute Gasteiger partial charge is 0.293 e. The van der Waals surface area contributed by atoms with Crippen LogP contribution in [0, 0.1) is 0 Å². The molecule has 1 fully saturated rings. The van der Waals surface area contributed by atoms with E-state index in [9.17, 15) is 9.59 Å². The summed E-state index contributed by atoms with van der Waals surface area (Å²) >= 11 is 8.18. The zero-order chi connectivity index (χ0) is 33.0. The van der Waals surface area contributed by atoms with Crippen molar-refractivity contribution >= 4 is 40.5 Å². The number of carbonyl (C=O) groups is 1. The Bertz CT molecular complexity index is 1730. The average Bonchev–Trinajstić information content (AvgIpc) is 3.59. The van der Waals surface area contributed by atoms with E-state index in [1.54, 1.807) is 16.1 Å². The molecule has 2 aromatic carbocycles. The minimum atomic E-state index is -0.567. The highest BCUT2D eigenvalue weighted by molar-refractivity contribution is 7.11. The maximum atomic E-state index is 14.2. The second-order valence-electron chi connectivity index (χ2n) is 11.5. The Balaban J connectivity index is 1.45. The number of ketones is 1. The highest BCUT2D eigenvalue weighted by Crippen LogP contribution is 2.30. The molecule has 1 aliphatic rings. The van der Waals surface area contributed by atoms with Crippen molar-refractivity contribution in [3.8, 4) is 0 Å². The van der Waals surface area contributed by atoms with Crippen molar-refractivity contribution < 1.29 is 4.79 Å². The number of aryl methyl sites for hydroxylation is 1. The number of hydrogen-bond donors (Lipinski definition) is 4. The highest BCUT2D eigenvalue weighted by atomic mass is 35.5. The van der Waals surface area contributed by atoms with Crippen LogP contribution in [0.5, 0.6) is 0 Å². The van der Waals surface area contributed by atoms with Gasteiger partial charge in [-0.3, -0.25) is 14.6 Å². The van der Waals surface area contributed by atoms with Crippen LogP contribution in [0.4, 0.5) is 5.82 Å². The monoisotopic (exact) mass is 672 g/mol. The van der Waals surface area contributed by atoms with Crippen LogP contribution in [-0.2, 0) is 25.8 Å². The molecular weight excluding hydrogens is 632 g/mol. The van der Waals surface area contributed by atoms with Crippen molar-refractivity contribution in [2.45, 2.75) is 64.0 Å². The van der Waals surface area contributed by atoms with Crippen LogP contribution in [-0.4, -0.2) is 45.4 Å². The summed E-state index contributed by atoms with van der Waals surface area (Å²) in [7, 11) is 0. The Kier molecular flexibility index (Phi) is 12.2. The van der Waals surface area contributed by atoms with Crippen LogP contribution >= 0.6 is 22.9 Å². The molecule has 2 heterocycles. The number of nitrogens with two attached hydrogens (primary N) is 2. The molecule has 10 nitrogen and oxygen atoms in total. The Morgan fingerprint density at radius 3 is 2.34 bits per heavy atom. The van der Waals surface area contributed by atoms with Crippen LogP contribution < -0.4 is 27.7 Å². The largest absolute Gasteiger partial charge is 0.377 e.